The van der Waals surface area contributed by atoms with E-state index in [2.05, 4.69) is 5.32 Å². The Morgan fingerprint density at radius 1 is 1.07 bits per heavy atom. The van der Waals surface area contributed by atoms with Gasteiger partial charge in [-0.3, -0.25) is 19.8 Å². The fraction of sp³-hybridized carbons (Fsp3) is 0.105. The molecule has 0 unspecified atom stereocenters. The quantitative estimate of drug-likeness (QED) is 0.478. The van der Waals surface area contributed by atoms with Crippen molar-refractivity contribution < 1.29 is 24.2 Å². The number of nitrogens with one attached hydrogen (secondary N) is 1. The van der Waals surface area contributed by atoms with E-state index in [9.17, 15) is 14.7 Å². The summed E-state index contributed by atoms with van der Waals surface area (Å²) in [6, 6.07) is 11.8. The Labute approximate surface area is 160 Å². The molecule has 0 radical (unpaired) electrons. The smallest absolute Gasteiger partial charge is 0.270 e. The lowest BCUT2D eigenvalue weighted by molar-refractivity contribution is -0.122. The predicted octanol–water partition coefficient (Wildman–Crippen LogP) is 2.24. The molecule has 2 aromatic carbocycles. The zero-order chi connectivity index (χ0) is 19.6. The maximum absolute atomic E-state index is 12.9. The molecule has 0 bridgehead atoms. The highest BCUT2D eigenvalue weighted by Gasteiger charge is 2.34. The maximum atomic E-state index is 12.9. The lowest BCUT2D eigenvalue weighted by Gasteiger charge is -2.28. The summed E-state index contributed by atoms with van der Waals surface area (Å²) in [6.07, 6.45) is 1.39. The fourth-order valence-corrected chi connectivity index (χ4v) is 2.91. The molecule has 7 nitrogen and oxygen atoms in total. The molecule has 138 valence electrons. The number of hydrogen-bond acceptors (Lipinski definition) is 6. The Balaban J connectivity index is 2.06. The second kappa shape index (κ2) is 7.46. The first-order valence-corrected chi connectivity index (χ1v) is 8.28. The average molecular weight is 384 g/mol. The molecule has 27 heavy (non-hydrogen) atoms. The number of aromatic hydroxyl groups is 1. The number of thiocarbonyl (C=S) groups is 1. The Morgan fingerprint density at radius 3 is 2.22 bits per heavy atom. The zero-order valence-corrected chi connectivity index (χ0v) is 15.4. The number of amides is 2. The molecule has 0 atom stereocenters. The third-order valence-electron chi connectivity index (χ3n) is 3.93. The van der Waals surface area contributed by atoms with Gasteiger partial charge in [-0.25, -0.2) is 0 Å². The lowest BCUT2D eigenvalue weighted by atomic mass is 10.1. The van der Waals surface area contributed by atoms with E-state index >= 15 is 0 Å². The Hall–Kier alpha value is -3.39. The molecule has 2 amide bonds. The van der Waals surface area contributed by atoms with Gasteiger partial charge in [-0.05, 0) is 48.1 Å². The minimum atomic E-state index is -0.608. The second-order valence-corrected chi connectivity index (χ2v) is 5.95. The second-order valence-electron chi connectivity index (χ2n) is 5.57. The largest absolute Gasteiger partial charge is 0.502 e. The number of carbonyl (C=O) groups excluding carboxylic acids is 2. The van der Waals surface area contributed by atoms with Gasteiger partial charge in [-0.15, -0.1) is 0 Å². The van der Waals surface area contributed by atoms with Crippen LogP contribution < -0.4 is 19.7 Å². The van der Waals surface area contributed by atoms with Gasteiger partial charge in [0.15, 0.2) is 16.6 Å². The standard InChI is InChI=1S/C19H16N2O5S/c1-25-14-9-11(10-15(26-2)16(14)22)8-13-17(23)20-19(27)21(18(13)24)12-6-4-3-5-7-12/h3-10,22H,1-2H3,(H,20,23,27)/b13-8-. The summed E-state index contributed by atoms with van der Waals surface area (Å²) in [7, 11) is 2.78. The molecule has 1 aliphatic rings. The first-order chi connectivity index (χ1) is 13.0. The minimum Gasteiger partial charge on any atom is -0.502 e. The molecule has 1 saturated heterocycles. The van der Waals surface area contributed by atoms with E-state index < -0.39 is 11.8 Å². The number of phenols is 1. The van der Waals surface area contributed by atoms with E-state index in [0.717, 1.165) is 0 Å². The van der Waals surface area contributed by atoms with Crippen molar-refractivity contribution in [3.63, 3.8) is 0 Å². The summed E-state index contributed by atoms with van der Waals surface area (Å²) < 4.78 is 10.2. The summed E-state index contributed by atoms with van der Waals surface area (Å²) in [4.78, 5) is 26.5. The summed E-state index contributed by atoms with van der Waals surface area (Å²) >= 11 is 5.15. The molecule has 0 aromatic heterocycles. The van der Waals surface area contributed by atoms with Gasteiger partial charge in [0.05, 0.1) is 19.9 Å². The van der Waals surface area contributed by atoms with Crippen molar-refractivity contribution in [2.45, 2.75) is 0 Å². The van der Waals surface area contributed by atoms with Gasteiger partial charge in [-0.1, -0.05) is 18.2 Å². The van der Waals surface area contributed by atoms with Crippen LogP contribution in [0.25, 0.3) is 6.08 Å². The van der Waals surface area contributed by atoms with Gasteiger partial charge in [0.25, 0.3) is 11.8 Å². The molecular weight excluding hydrogens is 368 g/mol. The molecule has 8 heteroatoms. The monoisotopic (exact) mass is 384 g/mol. The van der Waals surface area contributed by atoms with Gasteiger partial charge >= 0.3 is 0 Å². The van der Waals surface area contributed by atoms with Crippen molar-refractivity contribution in [1.82, 2.24) is 5.32 Å². The van der Waals surface area contributed by atoms with E-state index in [0.29, 0.717) is 11.3 Å². The lowest BCUT2D eigenvalue weighted by Crippen LogP contribution is -2.54. The van der Waals surface area contributed by atoms with Crippen LogP contribution in [0.5, 0.6) is 17.2 Å². The number of nitrogens with zero attached hydrogens (tertiary/aromatic N) is 1. The number of ether oxygens (including phenoxy) is 2. The van der Waals surface area contributed by atoms with Crippen LogP contribution >= 0.6 is 12.2 Å². The molecule has 1 heterocycles. The zero-order valence-electron chi connectivity index (χ0n) is 14.6. The van der Waals surface area contributed by atoms with Crippen molar-refractivity contribution in [3.8, 4) is 17.2 Å². The fourth-order valence-electron chi connectivity index (χ4n) is 2.63. The summed E-state index contributed by atoms with van der Waals surface area (Å²) in [5, 5.41) is 12.5. The predicted molar refractivity (Wildman–Crippen MR) is 104 cm³/mol. The van der Waals surface area contributed by atoms with Crippen molar-refractivity contribution in [2.75, 3.05) is 19.1 Å². The van der Waals surface area contributed by atoms with Crippen LogP contribution in [0, 0.1) is 0 Å². The van der Waals surface area contributed by atoms with Crippen LogP contribution in [0.3, 0.4) is 0 Å². The Morgan fingerprint density at radius 2 is 1.67 bits per heavy atom. The number of para-hydroxylation sites is 1. The third-order valence-corrected chi connectivity index (χ3v) is 4.21. The maximum Gasteiger partial charge on any atom is 0.270 e. The van der Waals surface area contributed by atoms with E-state index in [-0.39, 0.29) is 27.9 Å². The third kappa shape index (κ3) is 3.47. The number of carbonyl (C=O) groups is 2. The number of benzene rings is 2. The number of methoxy groups -OCH3 is 2. The average Bonchev–Trinajstić information content (AvgIpc) is 2.66. The van der Waals surface area contributed by atoms with Crippen LogP contribution in [0.15, 0.2) is 48.0 Å². The molecule has 2 aromatic rings. The van der Waals surface area contributed by atoms with Gasteiger partial charge in [0, 0.05) is 0 Å². The van der Waals surface area contributed by atoms with Crippen LogP contribution in [-0.4, -0.2) is 36.3 Å². The molecule has 1 fully saturated rings. The van der Waals surface area contributed by atoms with Crippen molar-refractivity contribution in [1.29, 1.82) is 0 Å². The first kappa shape index (κ1) is 18.4. The number of anilines is 1. The van der Waals surface area contributed by atoms with Gasteiger partial charge < -0.3 is 14.6 Å². The molecule has 0 spiro atoms. The van der Waals surface area contributed by atoms with Crippen LogP contribution in [0.4, 0.5) is 5.69 Å². The van der Waals surface area contributed by atoms with Crippen molar-refractivity contribution >= 4 is 40.9 Å². The number of phenolic OH excluding ortho intramolecular Hbond substituents is 1. The molecule has 2 N–H and O–H groups in total. The highest BCUT2D eigenvalue weighted by molar-refractivity contribution is 7.80. The van der Waals surface area contributed by atoms with Crippen LogP contribution in [-0.2, 0) is 9.59 Å². The summed E-state index contributed by atoms with van der Waals surface area (Å²) in [5.41, 5.74) is 0.877. The minimum absolute atomic E-state index is 0.00853. The highest BCUT2D eigenvalue weighted by atomic mass is 32.1. The van der Waals surface area contributed by atoms with Gasteiger partial charge in [-0.2, -0.15) is 0 Å². The first-order valence-electron chi connectivity index (χ1n) is 7.87. The van der Waals surface area contributed by atoms with Crippen molar-refractivity contribution in [3.05, 3.63) is 53.6 Å². The number of rotatable bonds is 4. The SMILES string of the molecule is COc1cc(/C=C2/C(=O)NC(=S)N(c3ccccc3)C2=O)cc(OC)c1O. The number of hydrogen-bond donors (Lipinski definition) is 2. The normalized spacial score (nSPS) is 15.7. The van der Waals surface area contributed by atoms with Gasteiger partial charge in [0.1, 0.15) is 5.57 Å². The van der Waals surface area contributed by atoms with E-state index in [1.807, 2.05) is 6.07 Å². The molecule has 1 aliphatic heterocycles. The Bertz CT molecular complexity index is 931. The summed E-state index contributed by atoms with van der Waals surface area (Å²) in [5.74, 6) is -1.03. The van der Waals surface area contributed by atoms with Gasteiger partial charge in [0.2, 0.25) is 5.75 Å². The molecular formula is C19H16N2O5S. The van der Waals surface area contributed by atoms with E-state index in [1.54, 1.807) is 24.3 Å². The molecule has 0 saturated carbocycles. The summed E-state index contributed by atoms with van der Waals surface area (Å²) in [6.45, 7) is 0. The van der Waals surface area contributed by atoms with Crippen LogP contribution in [0.1, 0.15) is 5.56 Å². The van der Waals surface area contributed by atoms with Crippen LogP contribution in [0.2, 0.25) is 0 Å². The van der Waals surface area contributed by atoms with E-state index in [4.69, 9.17) is 21.7 Å². The topological polar surface area (TPSA) is 88.1 Å². The Kier molecular flexibility index (Phi) is 5.09. The highest BCUT2D eigenvalue weighted by Crippen LogP contribution is 2.37. The molecule has 0 aliphatic carbocycles. The molecule has 3 rings (SSSR count). The van der Waals surface area contributed by atoms with Crippen molar-refractivity contribution in [2.24, 2.45) is 0 Å². The van der Waals surface area contributed by atoms with E-state index in [1.165, 1.54) is 37.3 Å².